The Kier molecular flexibility index (Phi) is 4.22. The zero-order valence-electron chi connectivity index (χ0n) is 12.6. The second kappa shape index (κ2) is 6.30. The molecule has 0 amide bonds. The van der Waals surface area contributed by atoms with E-state index in [-0.39, 0.29) is 18.4 Å². The van der Waals surface area contributed by atoms with E-state index in [1.807, 2.05) is 11.6 Å². The van der Waals surface area contributed by atoms with Gasteiger partial charge in [0.05, 0.1) is 5.69 Å². The molecule has 116 valence electrons. The predicted octanol–water partition coefficient (Wildman–Crippen LogP) is 3.34. The molecule has 0 radical (unpaired) electrons. The number of nitrogens with zero attached hydrogens (tertiary/aromatic N) is 2. The summed E-state index contributed by atoms with van der Waals surface area (Å²) < 4.78 is 20.2. The number of halogens is 1. The Labute approximate surface area is 128 Å². The van der Waals surface area contributed by atoms with Crippen LogP contribution >= 0.6 is 0 Å². The molecule has 1 aromatic carbocycles. The lowest BCUT2D eigenvalue weighted by Gasteiger charge is -2.05. The van der Waals surface area contributed by atoms with E-state index in [1.165, 1.54) is 17.7 Å². The van der Waals surface area contributed by atoms with Crippen molar-refractivity contribution in [2.24, 2.45) is 0 Å². The first-order chi connectivity index (χ1) is 10.7. The Balaban J connectivity index is 1.85. The summed E-state index contributed by atoms with van der Waals surface area (Å²) in [4.78, 5) is 11.5. The van der Waals surface area contributed by atoms with Gasteiger partial charge in [0.2, 0.25) is 0 Å². The van der Waals surface area contributed by atoms with E-state index in [0.717, 1.165) is 42.8 Å². The van der Waals surface area contributed by atoms with Gasteiger partial charge in [-0.15, -0.1) is 0 Å². The van der Waals surface area contributed by atoms with E-state index >= 15 is 0 Å². The Morgan fingerprint density at radius 1 is 1.32 bits per heavy atom. The Morgan fingerprint density at radius 3 is 2.82 bits per heavy atom. The lowest BCUT2D eigenvalue weighted by Crippen LogP contribution is -2.06. The summed E-state index contributed by atoms with van der Waals surface area (Å²) >= 11 is 0. The highest BCUT2D eigenvalue weighted by Gasteiger charge is 2.23. The van der Waals surface area contributed by atoms with Crippen molar-refractivity contribution >= 4 is 5.97 Å². The molecule has 1 heterocycles. The molecule has 4 nitrogen and oxygen atoms in total. The molecule has 0 aliphatic heterocycles. The van der Waals surface area contributed by atoms with Gasteiger partial charge in [0.15, 0.2) is 0 Å². The van der Waals surface area contributed by atoms with Crippen LogP contribution < -0.4 is 0 Å². The number of fused-ring (bicyclic) bond motifs is 1. The molecular weight excluding hydrogens is 283 g/mol. The van der Waals surface area contributed by atoms with Gasteiger partial charge < -0.3 is 4.74 Å². The van der Waals surface area contributed by atoms with Crippen molar-refractivity contribution in [2.75, 3.05) is 0 Å². The van der Waals surface area contributed by atoms with Gasteiger partial charge in [-0.25, -0.2) is 9.07 Å². The van der Waals surface area contributed by atoms with Crippen LogP contribution in [-0.4, -0.2) is 15.7 Å². The number of carbonyl (C=O) groups is 1. The average Bonchev–Trinajstić information content (AvgIpc) is 3.09. The Bertz CT molecular complexity index is 677. The third-order valence-corrected chi connectivity index (χ3v) is 3.91. The molecule has 1 aliphatic rings. The Hall–Kier alpha value is -2.17. The molecule has 0 fully saturated rings. The van der Waals surface area contributed by atoms with Crippen molar-refractivity contribution in [1.29, 1.82) is 0 Å². The first-order valence-electron chi connectivity index (χ1n) is 7.70. The fourth-order valence-electron chi connectivity index (χ4n) is 2.85. The number of hydrogen-bond donors (Lipinski definition) is 0. The SMILES string of the molecule is CCCC(=O)OCc1nn(-c2ccc(F)cc2)c2c1CCC2. The van der Waals surface area contributed by atoms with Crippen molar-refractivity contribution in [3.05, 3.63) is 47.0 Å². The predicted molar refractivity (Wildman–Crippen MR) is 80.3 cm³/mol. The summed E-state index contributed by atoms with van der Waals surface area (Å²) in [5.41, 5.74) is 3.98. The number of rotatable bonds is 5. The molecule has 0 atom stereocenters. The van der Waals surface area contributed by atoms with Crippen LogP contribution in [-0.2, 0) is 29.0 Å². The second-order valence-corrected chi connectivity index (χ2v) is 5.52. The molecule has 0 saturated carbocycles. The van der Waals surface area contributed by atoms with E-state index in [1.54, 1.807) is 12.1 Å². The van der Waals surface area contributed by atoms with Gasteiger partial charge in [-0.3, -0.25) is 4.79 Å². The highest BCUT2D eigenvalue weighted by Crippen LogP contribution is 2.28. The summed E-state index contributed by atoms with van der Waals surface area (Å²) in [5.74, 6) is -0.452. The van der Waals surface area contributed by atoms with E-state index in [0.29, 0.717) is 6.42 Å². The fraction of sp³-hybridized carbons (Fsp3) is 0.412. The number of benzene rings is 1. The van der Waals surface area contributed by atoms with Gasteiger partial charge in [-0.05, 0) is 49.9 Å². The molecule has 1 aliphatic carbocycles. The first kappa shape index (κ1) is 14.8. The first-order valence-corrected chi connectivity index (χ1v) is 7.70. The second-order valence-electron chi connectivity index (χ2n) is 5.52. The number of ether oxygens (including phenoxy) is 1. The van der Waals surface area contributed by atoms with Crippen LogP contribution in [0.4, 0.5) is 4.39 Å². The summed E-state index contributed by atoms with van der Waals surface area (Å²) in [6, 6.07) is 6.29. The molecule has 0 saturated heterocycles. The van der Waals surface area contributed by atoms with Crippen LogP contribution in [0.5, 0.6) is 0 Å². The maximum absolute atomic E-state index is 13.1. The number of hydrogen-bond acceptors (Lipinski definition) is 3. The molecule has 0 unspecified atom stereocenters. The molecule has 3 rings (SSSR count). The lowest BCUT2D eigenvalue weighted by molar-refractivity contribution is -0.145. The quantitative estimate of drug-likeness (QED) is 0.796. The van der Waals surface area contributed by atoms with Gasteiger partial charge in [0.25, 0.3) is 0 Å². The maximum atomic E-state index is 13.1. The minimum absolute atomic E-state index is 0.189. The zero-order valence-corrected chi connectivity index (χ0v) is 12.6. The largest absolute Gasteiger partial charge is 0.459 e. The monoisotopic (exact) mass is 302 g/mol. The third kappa shape index (κ3) is 2.89. The zero-order chi connectivity index (χ0) is 15.5. The van der Waals surface area contributed by atoms with Crippen LogP contribution in [0.1, 0.15) is 43.1 Å². The molecular formula is C17H19FN2O2. The average molecular weight is 302 g/mol. The minimum atomic E-state index is -0.263. The van der Waals surface area contributed by atoms with E-state index in [2.05, 4.69) is 5.10 Å². The molecule has 22 heavy (non-hydrogen) atoms. The van der Waals surface area contributed by atoms with Gasteiger partial charge in [0.1, 0.15) is 18.1 Å². The van der Waals surface area contributed by atoms with Crippen LogP contribution in [0.3, 0.4) is 0 Å². The lowest BCUT2D eigenvalue weighted by atomic mass is 10.2. The topological polar surface area (TPSA) is 44.1 Å². The van der Waals surface area contributed by atoms with Gasteiger partial charge >= 0.3 is 5.97 Å². The van der Waals surface area contributed by atoms with Gasteiger partial charge in [-0.2, -0.15) is 5.10 Å². The minimum Gasteiger partial charge on any atom is -0.459 e. The van der Waals surface area contributed by atoms with E-state index < -0.39 is 0 Å². The third-order valence-electron chi connectivity index (χ3n) is 3.91. The Morgan fingerprint density at radius 2 is 2.09 bits per heavy atom. The normalized spacial score (nSPS) is 13.2. The highest BCUT2D eigenvalue weighted by molar-refractivity contribution is 5.69. The van der Waals surface area contributed by atoms with Crippen molar-refractivity contribution in [3.63, 3.8) is 0 Å². The summed E-state index contributed by atoms with van der Waals surface area (Å²) in [7, 11) is 0. The van der Waals surface area contributed by atoms with E-state index in [9.17, 15) is 9.18 Å². The maximum Gasteiger partial charge on any atom is 0.306 e. The molecule has 2 aromatic rings. The standard InChI is InChI=1S/C17H19FN2O2/c1-2-4-17(21)22-11-15-14-5-3-6-16(14)20(19-15)13-9-7-12(18)8-10-13/h7-10H,2-6,11H2,1H3. The van der Waals surface area contributed by atoms with Crippen molar-refractivity contribution in [1.82, 2.24) is 9.78 Å². The smallest absolute Gasteiger partial charge is 0.306 e. The highest BCUT2D eigenvalue weighted by atomic mass is 19.1. The van der Waals surface area contributed by atoms with Crippen molar-refractivity contribution < 1.29 is 13.9 Å². The number of esters is 1. The summed E-state index contributed by atoms with van der Waals surface area (Å²) in [6.45, 7) is 2.16. The number of aromatic nitrogens is 2. The van der Waals surface area contributed by atoms with Crippen molar-refractivity contribution in [3.8, 4) is 5.69 Å². The van der Waals surface area contributed by atoms with Crippen LogP contribution in [0.2, 0.25) is 0 Å². The van der Waals surface area contributed by atoms with Crippen LogP contribution in [0.15, 0.2) is 24.3 Å². The molecule has 0 bridgehead atoms. The fourth-order valence-corrected chi connectivity index (χ4v) is 2.85. The number of carbonyl (C=O) groups excluding carboxylic acids is 1. The molecule has 5 heteroatoms. The van der Waals surface area contributed by atoms with E-state index in [4.69, 9.17) is 4.74 Å². The van der Waals surface area contributed by atoms with Gasteiger partial charge in [-0.1, -0.05) is 6.92 Å². The van der Waals surface area contributed by atoms with Crippen molar-refractivity contribution in [2.45, 2.75) is 45.6 Å². The molecule has 0 spiro atoms. The van der Waals surface area contributed by atoms with Crippen LogP contribution in [0.25, 0.3) is 5.69 Å². The summed E-state index contributed by atoms with van der Waals surface area (Å²) in [5, 5.41) is 4.58. The summed E-state index contributed by atoms with van der Waals surface area (Å²) in [6.07, 6.45) is 4.19. The molecule has 0 N–H and O–H groups in total. The molecule has 1 aromatic heterocycles. The van der Waals surface area contributed by atoms with Gasteiger partial charge in [0, 0.05) is 17.7 Å². The van der Waals surface area contributed by atoms with Crippen LogP contribution in [0, 0.1) is 5.82 Å².